The van der Waals surface area contributed by atoms with E-state index in [1.54, 1.807) is 13.8 Å². The Kier molecular flexibility index (Phi) is 4.59. The van der Waals surface area contributed by atoms with Gasteiger partial charge in [-0.15, -0.1) is 0 Å². The third-order valence-electron chi connectivity index (χ3n) is 2.29. The summed E-state index contributed by atoms with van der Waals surface area (Å²) in [5, 5.41) is 8.62. The van der Waals surface area contributed by atoms with Crippen LogP contribution in [-0.4, -0.2) is 30.8 Å². The average Bonchev–Trinajstić information content (AvgIpc) is 2.35. The smallest absolute Gasteiger partial charge is 0.244 e. The summed E-state index contributed by atoms with van der Waals surface area (Å²) < 4.78 is 25.8. The molecule has 1 aromatic heterocycles. The molecule has 0 unspecified atom stereocenters. The molecule has 0 saturated carbocycles. The van der Waals surface area contributed by atoms with Crippen LogP contribution in [0.2, 0.25) is 0 Å². The van der Waals surface area contributed by atoms with E-state index in [1.165, 1.54) is 22.6 Å². The molecular formula is C12H15N3O2S. The molecule has 0 aromatic carbocycles. The van der Waals surface area contributed by atoms with Gasteiger partial charge in [-0.1, -0.05) is 19.1 Å². The summed E-state index contributed by atoms with van der Waals surface area (Å²) in [4.78, 5) is 3.86. The molecule has 0 radical (unpaired) electrons. The van der Waals surface area contributed by atoms with Crippen LogP contribution >= 0.6 is 0 Å². The number of hydrogen-bond acceptors (Lipinski definition) is 4. The Morgan fingerprint density at radius 1 is 1.56 bits per heavy atom. The zero-order chi connectivity index (χ0) is 13.8. The fourth-order valence-electron chi connectivity index (χ4n) is 1.42. The summed E-state index contributed by atoms with van der Waals surface area (Å²) in [6.45, 7) is 7.88. The number of sulfonamides is 1. The number of rotatable bonds is 5. The summed E-state index contributed by atoms with van der Waals surface area (Å²) in [5.74, 6) is 0. The topological polar surface area (TPSA) is 74.1 Å². The quantitative estimate of drug-likeness (QED) is 0.757. The first kappa shape index (κ1) is 14.4. The Labute approximate surface area is 107 Å². The molecule has 0 aliphatic rings. The second-order valence-electron chi connectivity index (χ2n) is 3.88. The summed E-state index contributed by atoms with van der Waals surface area (Å²) >= 11 is 0. The summed E-state index contributed by atoms with van der Waals surface area (Å²) in [5.41, 5.74) is 0.957. The minimum atomic E-state index is -3.57. The van der Waals surface area contributed by atoms with Crippen LogP contribution in [0.15, 0.2) is 35.4 Å². The lowest BCUT2D eigenvalue weighted by Crippen LogP contribution is -2.32. The highest BCUT2D eigenvalue weighted by atomic mass is 32.2. The fraction of sp³-hybridized carbons (Fsp3) is 0.333. The molecule has 5 nitrogen and oxygen atoms in total. The molecule has 1 aromatic rings. The van der Waals surface area contributed by atoms with E-state index in [-0.39, 0.29) is 17.1 Å². The van der Waals surface area contributed by atoms with Crippen LogP contribution in [0.3, 0.4) is 0 Å². The number of nitriles is 1. The van der Waals surface area contributed by atoms with Crippen LogP contribution in [0.25, 0.3) is 0 Å². The monoisotopic (exact) mass is 265 g/mol. The van der Waals surface area contributed by atoms with Crippen LogP contribution in [0.1, 0.15) is 19.5 Å². The maximum Gasteiger partial charge on any atom is 0.244 e. The van der Waals surface area contributed by atoms with Gasteiger partial charge in [-0.05, 0) is 19.1 Å². The van der Waals surface area contributed by atoms with Gasteiger partial charge in [0.05, 0.1) is 0 Å². The number of pyridine rings is 1. The highest BCUT2D eigenvalue weighted by Gasteiger charge is 2.23. The van der Waals surface area contributed by atoms with Crippen LogP contribution in [0.4, 0.5) is 0 Å². The van der Waals surface area contributed by atoms with Crippen molar-refractivity contribution in [1.29, 1.82) is 5.26 Å². The van der Waals surface area contributed by atoms with Gasteiger partial charge >= 0.3 is 0 Å². The molecule has 0 atom stereocenters. The molecule has 6 heteroatoms. The third-order valence-corrected chi connectivity index (χ3v) is 4.19. The second kappa shape index (κ2) is 5.76. The van der Waals surface area contributed by atoms with Crippen molar-refractivity contribution in [2.45, 2.75) is 18.7 Å². The predicted molar refractivity (Wildman–Crippen MR) is 68.2 cm³/mol. The third kappa shape index (κ3) is 3.15. The maximum absolute atomic E-state index is 12.3. The van der Waals surface area contributed by atoms with Gasteiger partial charge in [0.15, 0.2) is 0 Å². The van der Waals surface area contributed by atoms with Gasteiger partial charge in [0, 0.05) is 19.3 Å². The normalized spacial score (nSPS) is 11.2. The first-order chi connectivity index (χ1) is 8.41. The van der Waals surface area contributed by atoms with Crippen molar-refractivity contribution >= 4 is 10.0 Å². The Hall–Kier alpha value is -1.71. The number of nitrogens with zero attached hydrogens (tertiary/aromatic N) is 3. The van der Waals surface area contributed by atoms with E-state index >= 15 is 0 Å². The lowest BCUT2D eigenvalue weighted by molar-refractivity contribution is 0.452. The molecule has 0 aliphatic heterocycles. The number of likely N-dealkylation sites (N-methyl/N-ethyl adjacent to an activating group) is 1. The van der Waals surface area contributed by atoms with Crippen molar-refractivity contribution in [1.82, 2.24) is 9.29 Å². The molecule has 0 N–H and O–H groups in total. The van der Waals surface area contributed by atoms with Gasteiger partial charge in [-0.3, -0.25) is 0 Å². The molecule has 0 bridgehead atoms. The van der Waals surface area contributed by atoms with Crippen LogP contribution < -0.4 is 0 Å². The fourth-order valence-corrected chi connectivity index (χ4v) is 2.87. The molecule has 1 heterocycles. The Balaban J connectivity index is 3.11. The first-order valence-corrected chi connectivity index (χ1v) is 6.86. The van der Waals surface area contributed by atoms with Gasteiger partial charge < -0.3 is 0 Å². The zero-order valence-electron chi connectivity index (χ0n) is 10.4. The minimum absolute atomic E-state index is 0.0876. The Morgan fingerprint density at radius 3 is 2.61 bits per heavy atom. The molecule has 0 amide bonds. The van der Waals surface area contributed by atoms with Gasteiger partial charge in [-0.2, -0.15) is 9.57 Å². The summed E-state index contributed by atoms with van der Waals surface area (Å²) in [7, 11) is -3.57. The zero-order valence-corrected chi connectivity index (χ0v) is 11.2. The highest BCUT2D eigenvalue weighted by Crippen LogP contribution is 2.15. The maximum atomic E-state index is 12.3. The molecule has 0 fully saturated rings. The van der Waals surface area contributed by atoms with Gasteiger partial charge in [0.1, 0.15) is 16.7 Å². The Morgan fingerprint density at radius 2 is 2.22 bits per heavy atom. The van der Waals surface area contributed by atoms with Crippen LogP contribution in [0, 0.1) is 11.3 Å². The average molecular weight is 265 g/mol. The minimum Gasteiger partial charge on any atom is -0.244 e. The first-order valence-electron chi connectivity index (χ1n) is 5.42. The predicted octanol–water partition coefficient (Wildman–Crippen LogP) is 1.54. The van der Waals surface area contributed by atoms with E-state index in [9.17, 15) is 8.42 Å². The van der Waals surface area contributed by atoms with Gasteiger partial charge in [0.2, 0.25) is 10.0 Å². The van der Waals surface area contributed by atoms with E-state index in [0.717, 1.165) is 5.57 Å². The molecule has 1 rings (SSSR count). The van der Waals surface area contributed by atoms with E-state index in [2.05, 4.69) is 11.6 Å². The molecule has 96 valence electrons. The van der Waals surface area contributed by atoms with Crippen molar-refractivity contribution in [2.75, 3.05) is 13.1 Å². The Bertz CT molecular complexity index is 570. The standard InChI is InChI=1S/C12H15N3O2S/c1-4-15(9-10(2)3)18(16,17)12-6-5-11(7-13)14-8-12/h5-6,8H,2,4,9H2,1,3H3. The number of hydrogen-bond donors (Lipinski definition) is 0. The SMILES string of the molecule is C=C(C)CN(CC)S(=O)(=O)c1ccc(C#N)nc1. The van der Waals surface area contributed by atoms with Gasteiger partial charge in [-0.25, -0.2) is 13.4 Å². The largest absolute Gasteiger partial charge is 0.244 e. The summed E-state index contributed by atoms with van der Waals surface area (Å²) in [6.07, 6.45) is 1.20. The molecular weight excluding hydrogens is 250 g/mol. The van der Waals surface area contributed by atoms with E-state index < -0.39 is 10.0 Å². The lowest BCUT2D eigenvalue weighted by Gasteiger charge is -2.20. The second-order valence-corrected chi connectivity index (χ2v) is 5.82. The number of aromatic nitrogens is 1. The van der Waals surface area contributed by atoms with Crippen molar-refractivity contribution in [3.8, 4) is 6.07 Å². The van der Waals surface area contributed by atoms with Gasteiger partial charge in [0.25, 0.3) is 0 Å². The van der Waals surface area contributed by atoms with E-state index in [4.69, 9.17) is 5.26 Å². The van der Waals surface area contributed by atoms with Crippen molar-refractivity contribution in [2.24, 2.45) is 0 Å². The van der Waals surface area contributed by atoms with Crippen LogP contribution in [-0.2, 0) is 10.0 Å². The molecule has 0 saturated heterocycles. The lowest BCUT2D eigenvalue weighted by atomic mass is 10.3. The summed E-state index contributed by atoms with van der Waals surface area (Å²) in [6, 6.07) is 4.63. The van der Waals surface area contributed by atoms with Crippen molar-refractivity contribution in [3.05, 3.63) is 36.2 Å². The highest BCUT2D eigenvalue weighted by molar-refractivity contribution is 7.89. The van der Waals surface area contributed by atoms with Crippen LogP contribution in [0.5, 0.6) is 0 Å². The molecule has 18 heavy (non-hydrogen) atoms. The van der Waals surface area contributed by atoms with Crippen molar-refractivity contribution < 1.29 is 8.42 Å². The molecule has 0 spiro atoms. The van der Waals surface area contributed by atoms with E-state index in [0.29, 0.717) is 6.54 Å². The molecule has 0 aliphatic carbocycles. The van der Waals surface area contributed by atoms with E-state index in [1.807, 2.05) is 6.07 Å². The van der Waals surface area contributed by atoms with Crippen molar-refractivity contribution in [3.63, 3.8) is 0 Å².